The lowest BCUT2D eigenvalue weighted by Crippen LogP contribution is -2.46. The molecule has 2 aliphatic heterocycles. The Balaban J connectivity index is 1.31. The smallest absolute Gasteiger partial charge is 0.231 e. The molecule has 140 valence electrons. The minimum atomic E-state index is -0.179. The van der Waals surface area contributed by atoms with Gasteiger partial charge in [0.2, 0.25) is 18.6 Å². The number of fused-ring (bicyclic) bond motifs is 1. The number of benzene rings is 1. The van der Waals surface area contributed by atoms with Crippen molar-refractivity contribution in [3.63, 3.8) is 0 Å². The first-order chi connectivity index (χ1) is 12.5. The van der Waals surface area contributed by atoms with Crippen molar-refractivity contribution in [2.45, 2.75) is 45.4 Å². The molecule has 2 heterocycles. The van der Waals surface area contributed by atoms with Crippen molar-refractivity contribution >= 4 is 17.5 Å². The standard InChI is InChI=1S/C20H26N2O4/c1-20(8-2-3-9-20)19(24)22-10-6-14(7-11-22)18(23)21-15-4-5-16-17(12-15)26-13-25-16/h4-5,12,14H,2-3,6-11,13H2,1H3,(H,21,23). The molecule has 1 saturated carbocycles. The molecular weight excluding hydrogens is 332 g/mol. The molecule has 0 spiro atoms. The van der Waals surface area contributed by atoms with Crippen LogP contribution in [0.4, 0.5) is 5.69 Å². The lowest BCUT2D eigenvalue weighted by atomic mass is 9.85. The Labute approximate surface area is 153 Å². The molecule has 1 aromatic carbocycles. The van der Waals surface area contributed by atoms with Gasteiger partial charge in [-0.2, -0.15) is 0 Å². The van der Waals surface area contributed by atoms with Crippen molar-refractivity contribution < 1.29 is 19.1 Å². The summed E-state index contributed by atoms with van der Waals surface area (Å²) in [4.78, 5) is 27.3. The van der Waals surface area contributed by atoms with Gasteiger partial charge in [0.05, 0.1) is 0 Å². The number of nitrogens with zero attached hydrogens (tertiary/aromatic N) is 1. The maximum absolute atomic E-state index is 12.8. The Morgan fingerprint density at radius 1 is 1.12 bits per heavy atom. The SMILES string of the molecule is CC1(C(=O)N2CCC(C(=O)Nc3ccc4c(c3)OCO4)CC2)CCCC1. The normalized spacial score (nSPS) is 21.7. The molecule has 2 fully saturated rings. The van der Waals surface area contributed by atoms with E-state index in [2.05, 4.69) is 12.2 Å². The maximum atomic E-state index is 12.8. The molecule has 3 aliphatic rings. The van der Waals surface area contributed by atoms with Gasteiger partial charge in [-0.1, -0.05) is 19.8 Å². The second-order valence-corrected chi connectivity index (χ2v) is 7.89. The number of carbonyl (C=O) groups excluding carboxylic acids is 2. The van der Waals surface area contributed by atoms with E-state index in [4.69, 9.17) is 9.47 Å². The third-order valence-corrected chi connectivity index (χ3v) is 6.02. The Morgan fingerprint density at radius 3 is 2.54 bits per heavy atom. The molecular formula is C20H26N2O4. The summed E-state index contributed by atoms with van der Waals surface area (Å²) in [5.41, 5.74) is 0.540. The molecule has 0 unspecified atom stereocenters. The average molecular weight is 358 g/mol. The summed E-state index contributed by atoms with van der Waals surface area (Å²) in [5, 5.41) is 2.97. The monoisotopic (exact) mass is 358 g/mol. The van der Waals surface area contributed by atoms with Crippen LogP contribution in [0.5, 0.6) is 11.5 Å². The van der Waals surface area contributed by atoms with Gasteiger partial charge < -0.3 is 19.7 Å². The van der Waals surface area contributed by atoms with Crippen LogP contribution in [0.2, 0.25) is 0 Å². The third kappa shape index (κ3) is 3.24. The van der Waals surface area contributed by atoms with E-state index in [1.807, 2.05) is 17.0 Å². The summed E-state index contributed by atoms with van der Waals surface area (Å²) in [6.45, 7) is 3.67. The molecule has 0 aromatic heterocycles. The topological polar surface area (TPSA) is 67.9 Å². The summed E-state index contributed by atoms with van der Waals surface area (Å²) in [6.07, 6.45) is 5.73. The van der Waals surface area contributed by atoms with Crippen molar-refractivity contribution in [2.75, 3.05) is 25.2 Å². The van der Waals surface area contributed by atoms with Crippen molar-refractivity contribution in [1.82, 2.24) is 4.90 Å². The van der Waals surface area contributed by atoms with Crippen molar-refractivity contribution in [1.29, 1.82) is 0 Å². The number of piperidine rings is 1. The second-order valence-electron chi connectivity index (χ2n) is 7.89. The quantitative estimate of drug-likeness (QED) is 0.901. The molecule has 26 heavy (non-hydrogen) atoms. The van der Waals surface area contributed by atoms with E-state index >= 15 is 0 Å². The zero-order valence-electron chi connectivity index (χ0n) is 15.3. The largest absolute Gasteiger partial charge is 0.454 e. The van der Waals surface area contributed by atoms with Crippen LogP contribution in [0.3, 0.4) is 0 Å². The van der Waals surface area contributed by atoms with E-state index < -0.39 is 0 Å². The fourth-order valence-corrected chi connectivity index (χ4v) is 4.31. The van der Waals surface area contributed by atoms with E-state index in [0.29, 0.717) is 24.6 Å². The molecule has 6 heteroatoms. The molecule has 1 N–H and O–H groups in total. The van der Waals surface area contributed by atoms with Gasteiger partial charge in [0, 0.05) is 36.2 Å². The molecule has 1 aliphatic carbocycles. The van der Waals surface area contributed by atoms with Crippen LogP contribution in [0, 0.1) is 11.3 Å². The molecule has 0 radical (unpaired) electrons. The fraction of sp³-hybridized carbons (Fsp3) is 0.600. The average Bonchev–Trinajstić information content (AvgIpc) is 3.30. The first kappa shape index (κ1) is 17.2. The van der Waals surface area contributed by atoms with E-state index in [1.54, 1.807) is 6.07 Å². The highest BCUT2D eigenvalue weighted by Crippen LogP contribution is 2.40. The number of nitrogens with one attached hydrogen (secondary N) is 1. The van der Waals surface area contributed by atoms with Crippen LogP contribution in [0.15, 0.2) is 18.2 Å². The van der Waals surface area contributed by atoms with Gasteiger partial charge in [-0.3, -0.25) is 9.59 Å². The Morgan fingerprint density at radius 2 is 1.81 bits per heavy atom. The number of likely N-dealkylation sites (tertiary alicyclic amines) is 1. The molecule has 6 nitrogen and oxygen atoms in total. The van der Waals surface area contributed by atoms with Crippen LogP contribution in [0.25, 0.3) is 0 Å². The van der Waals surface area contributed by atoms with Crippen molar-refractivity contribution in [2.24, 2.45) is 11.3 Å². The molecule has 0 bridgehead atoms. The molecule has 1 saturated heterocycles. The fourth-order valence-electron chi connectivity index (χ4n) is 4.31. The lowest BCUT2D eigenvalue weighted by molar-refractivity contribution is -0.143. The van der Waals surface area contributed by atoms with Gasteiger partial charge in [0.15, 0.2) is 11.5 Å². The van der Waals surface area contributed by atoms with Crippen molar-refractivity contribution in [3.05, 3.63) is 18.2 Å². The summed E-state index contributed by atoms with van der Waals surface area (Å²) in [5.74, 6) is 1.61. The van der Waals surface area contributed by atoms with Crippen LogP contribution < -0.4 is 14.8 Å². The minimum Gasteiger partial charge on any atom is -0.454 e. The van der Waals surface area contributed by atoms with E-state index in [9.17, 15) is 9.59 Å². The van der Waals surface area contributed by atoms with E-state index in [1.165, 1.54) is 0 Å². The van der Waals surface area contributed by atoms with Crippen LogP contribution in [-0.2, 0) is 9.59 Å². The van der Waals surface area contributed by atoms with Crippen LogP contribution in [-0.4, -0.2) is 36.6 Å². The number of ether oxygens (including phenoxy) is 2. The van der Waals surface area contributed by atoms with Gasteiger partial charge in [-0.15, -0.1) is 0 Å². The molecule has 2 amide bonds. The summed E-state index contributed by atoms with van der Waals surface area (Å²) in [6, 6.07) is 5.42. The van der Waals surface area contributed by atoms with Gasteiger partial charge in [0.25, 0.3) is 0 Å². The number of anilines is 1. The zero-order valence-corrected chi connectivity index (χ0v) is 15.3. The third-order valence-electron chi connectivity index (χ3n) is 6.02. The van der Waals surface area contributed by atoms with Crippen LogP contribution >= 0.6 is 0 Å². The van der Waals surface area contributed by atoms with Crippen LogP contribution in [0.1, 0.15) is 45.4 Å². The Kier molecular flexibility index (Phi) is 4.51. The molecule has 4 rings (SSSR count). The summed E-state index contributed by atoms with van der Waals surface area (Å²) in [7, 11) is 0. The molecule has 1 aromatic rings. The first-order valence-electron chi connectivity index (χ1n) is 9.55. The predicted octanol–water partition coefficient (Wildman–Crippen LogP) is 3.17. The van der Waals surface area contributed by atoms with E-state index in [0.717, 1.165) is 44.2 Å². The predicted molar refractivity (Wildman–Crippen MR) is 97.1 cm³/mol. The summed E-state index contributed by atoms with van der Waals surface area (Å²) >= 11 is 0. The second kappa shape index (κ2) is 6.82. The Bertz CT molecular complexity index is 704. The highest BCUT2D eigenvalue weighted by molar-refractivity contribution is 5.93. The van der Waals surface area contributed by atoms with E-state index in [-0.39, 0.29) is 29.9 Å². The highest BCUT2D eigenvalue weighted by atomic mass is 16.7. The van der Waals surface area contributed by atoms with Gasteiger partial charge >= 0.3 is 0 Å². The number of hydrogen-bond acceptors (Lipinski definition) is 4. The lowest BCUT2D eigenvalue weighted by Gasteiger charge is -2.36. The molecule has 0 atom stereocenters. The number of rotatable bonds is 3. The number of hydrogen-bond donors (Lipinski definition) is 1. The summed E-state index contributed by atoms with van der Waals surface area (Å²) < 4.78 is 10.6. The Hall–Kier alpha value is -2.24. The van der Waals surface area contributed by atoms with Gasteiger partial charge in [-0.05, 0) is 37.8 Å². The van der Waals surface area contributed by atoms with Gasteiger partial charge in [-0.25, -0.2) is 0 Å². The highest BCUT2D eigenvalue weighted by Gasteiger charge is 2.40. The number of carbonyl (C=O) groups is 2. The maximum Gasteiger partial charge on any atom is 0.231 e. The zero-order chi connectivity index (χ0) is 18.1. The van der Waals surface area contributed by atoms with Gasteiger partial charge in [0.1, 0.15) is 0 Å². The number of amides is 2. The first-order valence-corrected chi connectivity index (χ1v) is 9.55. The minimum absolute atomic E-state index is 0.0167. The van der Waals surface area contributed by atoms with Crippen molar-refractivity contribution in [3.8, 4) is 11.5 Å².